The van der Waals surface area contributed by atoms with Crippen LogP contribution in [-0.2, 0) is 6.42 Å². The molecule has 3 nitrogen and oxygen atoms in total. The van der Waals surface area contributed by atoms with Crippen molar-refractivity contribution in [3.05, 3.63) is 50.7 Å². The highest BCUT2D eigenvalue weighted by Gasteiger charge is 2.14. The lowest BCUT2D eigenvalue weighted by atomic mass is 10.1. The molecule has 2 aromatic rings. The van der Waals surface area contributed by atoms with E-state index in [0.29, 0.717) is 18.0 Å². The van der Waals surface area contributed by atoms with E-state index in [-0.39, 0.29) is 5.78 Å². The molecule has 21 heavy (non-hydrogen) atoms. The van der Waals surface area contributed by atoms with Gasteiger partial charge in [0, 0.05) is 20.7 Å². The van der Waals surface area contributed by atoms with Gasteiger partial charge in [-0.3, -0.25) is 9.48 Å². The van der Waals surface area contributed by atoms with Crippen molar-refractivity contribution in [2.24, 2.45) is 0 Å². The van der Waals surface area contributed by atoms with E-state index in [4.69, 9.17) is 0 Å². The van der Waals surface area contributed by atoms with Crippen molar-refractivity contribution in [2.45, 2.75) is 39.2 Å². The molecular formula is C16H18Br2N2O. The third-order valence-electron chi connectivity index (χ3n) is 3.55. The number of Topliss-reactive ketones (excluding diaryl/α,β-unsaturated/α-hetero) is 1. The maximum atomic E-state index is 12.4. The van der Waals surface area contributed by atoms with E-state index in [2.05, 4.69) is 50.8 Å². The van der Waals surface area contributed by atoms with Crippen LogP contribution in [0.2, 0.25) is 0 Å². The second-order valence-electron chi connectivity index (χ2n) is 4.98. The van der Waals surface area contributed by atoms with Gasteiger partial charge >= 0.3 is 0 Å². The number of carbonyl (C=O) groups is 1. The van der Waals surface area contributed by atoms with Crippen molar-refractivity contribution in [3.8, 4) is 0 Å². The quantitative estimate of drug-likeness (QED) is 0.610. The first-order valence-electron chi connectivity index (χ1n) is 7.07. The molecule has 0 saturated carbocycles. The Balaban J connectivity index is 2.15. The zero-order chi connectivity index (χ0) is 15.4. The molecule has 0 bridgehead atoms. The van der Waals surface area contributed by atoms with E-state index in [1.54, 1.807) is 0 Å². The highest BCUT2D eigenvalue weighted by Crippen LogP contribution is 2.23. The first kappa shape index (κ1) is 16.4. The average Bonchev–Trinajstić information content (AvgIpc) is 2.91. The van der Waals surface area contributed by atoms with Gasteiger partial charge in [-0.2, -0.15) is 5.10 Å². The topological polar surface area (TPSA) is 34.9 Å². The summed E-state index contributed by atoms with van der Waals surface area (Å²) >= 11 is 6.83. The van der Waals surface area contributed by atoms with Crippen molar-refractivity contribution in [3.63, 3.8) is 0 Å². The fourth-order valence-electron chi connectivity index (χ4n) is 2.31. The Morgan fingerprint density at radius 1 is 1.24 bits per heavy atom. The summed E-state index contributed by atoms with van der Waals surface area (Å²) in [5.74, 6) is 0.0676. The first-order chi connectivity index (χ1) is 10.0. The summed E-state index contributed by atoms with van der Waals surface area (Å²) in [5.41, 5.74) is 1.50. The molecule has 0 radical (unpaired) electrons. The molecule has 0 aliphatic carbocycles. The number of hydrogen-bond donors (Lipinski definition) is 0. The molecule has 0 amide bonds. The monoisotopic (exact) mass is 412 g/mol. The lowest BCUT2D eigenvalue weighted by Gasteiger charge is -2.12. The van der Waals surface area contributed by atoms with Gasteiger partial charge < -0.3 is 0 Å². The highest BCUT2D eigenvalue weighted by atomic mass is 79.9. The van der Waals surface area contributed by atoms with Gasteiger partial charge in [-0.25, -0.2) is 0 Å². The van der Waals surface area contributed by atoms with E-state index >= 15 is 0 Å². The molecule has 0 N–H and O–H groups in total. The normalized spacial score (nSPS) is 11.1. The molecule has 1 heterocycles. The predicted octanol–water partition coefficient (Wildman–Crippen LogP) is 5.19. The van der Waals surface area contributed by atoms with E-state index in [9.17, 15) is 4.79 Å². The second kappa shape index (κ2) is 7.36. The molecule has 0 atom stereocenters. The average molecular weight is 414 g/mol. The van der Waals surface area contributed by atoms with Crippen LogP contribution in [0, 0.1) is 0 Å². The minimum atomic E-state index is 0.0676. The molecule has 0 aliphatic rings. The lowest BCUT2D eigenvalue weighted by molar-refractivity contribution is 0.0991. The van der Waals surface area contributed by atoms with Crippen LogP contribution < -0.4 is 0 Å². The minimum Gasteiger partial charge on any atom is -0.294 e. The van der Waals surface area contributed by atoms with E-state index in [1.807, 2.05) is 35.1 Å². The smallest absolute Gasteiger partial charge is 0.170 e. The van der Waals surface area contributed by atoms with Gasteiger partial charge in [-0.1, -0.05) is 45.7 Å². The molecule has 0 spiro atoms. The van der Waals surface area contributed by atoms with Crippen molar-refractivity contribution < 1.29 is 4.79 Å². The SMILES string of the molecule is CCC(CC)n1ccc(CC(=O)c2cc(Br)ccc2Br)n1. The number of rotatable bonds is 6. The predicted molar refractivity (Wildman–Crippen MR) is 91.7 cm³/mol. The zero-order valence-electron chi connectivity index (χ0n) is 12.1. The van der Waals surface area contributed by atoms with Crippen molar-refractivity contribution in [2.75, 3.05) is 0 Å². The standard InChI is InChI=1S/C16H18Br2N2O/c1-3-13(4-2)20-8-7-12(19-20)10-16(21)14-9-11(17)5-6-15(14)18/h5-9,13H,3-4,10H2,1-2H3. The summed E-state index contributed by atoms with van der Waals surface area (Å²) in [5, 5.41) is 4.54. The summed E-state index contributed by atoms with van der Waals surface area (Å²) in [6, 6.07) is 7.96. The molecule has 2 rings (SSSR count). The number of aromatic nitrogens is 2. The molecule has 1 aromatic heterocycles. The van der Waals surface area contributed by atoms with E-state index in [1.165, 1.54) is 0 Å². The molecule has 0 aliphatic heterocycles. The summed E-state index contributed by atoms with van der Waals surface area (Å²) < 4.78 is 3.69. The van der Waals surface area contributed by atoms with Crippen LogP contribution in [0.1, 0.15) is 48.8 Å². The van der Waals surface area contributed by atoms with Gasteiger partial charge in [0.05, 0.1) is 18.2 Å². The third-order valence-corrected chi connectivity index (χ3v) is 4.74. The molecule has 112 valence electrons. The van der Waals surface area contributed by atoms with Crippen molar-refractivity contribution in [1.82, 2.24) is 9.78 Å². The van der Waals surface area contributed by atoms with Gasteiger partial charge in [0.15, 0.2) is 5.78 Å². The zero-order valence-corrected chi connectivity index (χ0v) is 15.3. The molecule has 1 aromatic carbocycles. The first-order valence-corrected chi connectivity index (χ1v) is 8.66. The Morgan fingerprint density at radius 2 is 1.95 bits per heavy atom. The Labute approximate surface area is 142 Å². The van der Waals surface area contributed by atoms with Crippen LogP contribution in [0.25, 0.3) is 0 Å². The maximum absolute atomic E-state index is 12.4. The summed E-state index contributed by atoms with van der Waals surface area (Å²) in [7, 11) is 0. The van der Waals surface area contributed by atoms with Crippen LogP contribution in [-0.4, -0.2) is 15.6 Å². The molecular weight excluding hydrogens is 396 g/mol. The maximum Gasteiger partial charge on any atom is 0.170 e. The fourth-order valence-corrected chi connectivity index (χ4v) is 3.14. The second-order valence-corrected chi connectivity index (χ2v) is 6.75. The van der Waals surface area contributed by atoms with Crippen LogP contribution in [0.4, 0.5) is 0 Å². The van der Waals surface area contributed by atoms with Gasteiger partial charge in [-0.05, 0) is 37.1 Å². The summed E-state index contributed by atoms with van der Waals surface area (Å²) in [6.45, 7) is 4.30. The highest BCUT2D eigenvalue weighted by molar-refractivity contribution is 9.11. The molecule has 0 fully saturated rings. The van der Waals surface area contributed by atoms with Crippen LogP contribution in [0.15, 0.2) is 39.4 Å². The van der Waals surface area contributed by atoms with E-state index < -0.39 is 0 Å². The number of nitrogens with zero attached hydrogens (tertiary/aromatic N) is 2. The van der Waals surface area contributed by atoms with Crippen LogP contribution in [0.5, 0.6) is 0 Å². The summed E-state index contributed by atoms with van der Waals surface area (Å²) in [4.78, 5) is 12.4. The van der Waals surface area contributed by atoms with Gasteiger partial charge in [0.1, 0.15) is 0 Å². The lowest BCUT2D eigenvalue weighted by Crippen LogP contribution is -2.10. The number of halogens is 2. The molecule has 0 saturated heterocycles. The Morgan fingerprint density at radius 3 is 2.62 bits per heavy atom. The number of benzene rings is 1. The molecule has 5 heteroatoms. The van der Waals surface area contributed by atoms with E-state index in [0.717, 1.165) is 27.5 Å². The Hall–Kier alpha value is -0.940. The van der Waals surface area contributed by atoms with Crippen LogP contribution in [0.3, 0.4) is 0 Å². The van der Waals surface area contributed by atoms with Crippen LogP contribution >= 0.6 is 31.9 Å². The molecule has 0 unspecified atom stereocenters. The number of carbonyl (C=O) groups excluding carboxylic acids is 1. The summed E-state index contributed by atoms with van der Waals surface area (Å²) in [6.07, 6.45) is 4.38. The van der Waals surface area contributed by atoms with Crippen molar-refractivity contribution in [1.29, 1.82) is 0 Å². The van der Waals surface area contributed by atoms with Gasteiger partial charge in [-0.15, -0.1) is 0 Å². The van der Waals surface area contributed by atoms with Crippen molar-refractivity contribution >= 4 is 37.6 Å². The third kappa shape index (κ3) is 4.04. The Bertz CT molecular complexity index is 633. The Kier molecular flexibility index (Phi) is 5.76. The van der Waals surface area contributed by atoms with Gasteiger partial charge in [0.25, 0.3) is 0 Å². The fraction of sp³-hybridized carbons (Fsp3) is 0.375. The largest absolute Gasteiger partial charge is 0.294 e. The number of ketones is 1. The number of hydrogen-bond acceptors (Lipinski definition) is 2. The van der Waals surface area contributed by atoms with Gasteiger partial charge in [0.2, 0.25) is 0 Å². The minimum absolute atomic E-state index is 0.0676.